The van der Waals surface area contributed by atoms with Gasteiger partial charge in [-0.25, -0.2) is 0 Å². The van der Waals surface area contributed by atoms with Gasteiger partial charge < -0.3 is 9.64 Å². The Labute approximate surface area is 129 Å². The summed E-state index contributed by atoms with van der Waals surface area (Å²) in [6.07, 6.45) is 1.92. The molecule has 1 aromatic carbocycles. The molecule has 0 unspecified atom stereocenters. The third-order valence-corrected chi connectivity index (χ3v) is 5.26. The number of fused-ring (bicyclic) bond motifs is 1. The van der Waals surface area contributed by atoms with Gasteiger partial charge in [-0.05, 0) is 25.0 Å². The van der Waals surface area contributed by atoms with E-state index in [9.17, 15) is 8.42 Å². The molecule has 0 bridgehead atoms. The number of nitrogens with zero attached hydrogens (tertiary/aromatic N) is 2. The first-order chi connectivity index (χ1) is 10.1. The van der Waals surface area contributed by atoms with Crippen LogP contribution in [-0.2, 0) is 14.8 Å². The van der Waals surface area contributed by atoms with Crippen LogP contribution in [0, 0.1) is 0 Å². The number of amidine groups is 1. The van der Waals surface area contributed by atoms with Gasteiger partial charge >= 0.3 is 0 Å². The molecular formula is C14H17ClN2O3S. The van der Waals surface area contributed by atoms with E-state index in [0.717, 1.165) is 25.9 Å². The molecule has 3 rings (SSSR count). The number of piperidine rings is 1. The van der Waals surface area contributed by atoms with Gasteiger partial charge in [0.05, 0.1) is 12.7 Å². The molecule has 0 saturated carbocycles. The lowest BCUT2D eigenvalue weighted by Crippen LogP contribution is -2.41. The molecule has 0 aliphatic carbocycles. The van der Waals surface area contributed by atoms with Gasteiger partial charge in [-0.15, -0.1) is 16.0 Å². The Bertz CT molecular complexity index is 652. The van der Waals surface area contributed by atoms with E-state index in [1.54, 1.807) is 12.1 Å². The van der Waals surface area contributed by atoms with Crippen molar-refractivity contribution in [1.29, 1.82) is 0 Å². The van der Waals surface area contributed by atoms with E-state index in [1.807, 2.05) is 17.0 Å². The number of rotatable bonds is 3. The minimum absolute atomic E-state index is 0.203. The van der Waals surface area contributed by atoms with Crippen LogP contribution < -0.4 is 0 Å². The molecule has 0 spiro atoms. The molecular weight excluding hydrogens is 312 g/mol. The van der Waals surface area contributed by atoms with Crippen molar-refractivity contribution in [3.63, 3.8) is 0 Å². The van der Waals surface area contributed by atoms with Crippen LogP contribution in [0.15, 0.2) is 33.6 Å². The molecule has 5 nitrogen and oxygen atoms in total. The Balaban J connectivity index is 1.75. The fourth-order valence-corrected chi connectivity index (χ4v) is 4.08. The standard InChI is InChI=1S/C14H17ClN2O3S/c15-7-10-20-11-5-8-17(9-6-11)14-12-3-1-2-4-13(12)21(18,19)16-14/h1-4,11H,5-10H2. The zero-order chi connectivity index (χ0) is 14.9. The topological polar surface area (TPSA) is 59.0 Å². The fourth-order valence-electron chi connectivity index (χ4n) is 2.76. The maximum absolute atomic E-state index is 12.1. The summed E-state index contributed by atoms with van der Waals surface area (Å²) in [5.41, 5.74) is 0.706. The summed E-state index contributed by atoms with van der Waals surface area (Å²) in [6.45, 7) is 2.05. The lowest BCUT2D eigenvalue weighted by molar-refractivity contribution is 0.0281. The quantitative estimate of drug-likeness (QED) is 0.795. The zero-order valence-corrected chi connectivity index (χ0v) is 13.1. The van der Waals surface area contributed by atoms with Crippen molar-refractivity contribution in [2.75, 3.05) is 25.6 Å². The van der Waals surface area contributed by atoms with Crippen LogP contribution in [0.4, 0.5) is 0 Å². The van der Waals surface area contributed by atoms with E-state index in [4.69, 9.17) is 16.3 Å². The van der Waals surface area contributed by atoms with Crippen LogP contribution in [0.1, 0.15) is 18.4 Å². The molecule has 0 N–H and O–H groups in total. The number of sulfonamides is 1. The Hall–Kier alpha value is -1.11. The number of alkyl halides is 1. The highest BCUT2D eigenvalue weighted by molar-refractivity contribution is 7.90. The number of ether oxygens (including phenoxy) is 1. The molecule has 0 atom stereocenters. The van der Waals surface area contributed by atoms with Crippen LogP contribution >= 0.6 is 11.6 Å². The Morgan fingerprint density at radius 1 is 1.29 bits per heavy atom. The molecule has 1 fully saturated rings. The first-order valence-electron chi connectivity index (χ1n) is 6.99. The monoisotopic (exact) mass is 328 g/mol. The Morgan fingerprint density at radius 2 is 2.00 bits per heavy atom. The molecule has 1 aromatic rings. The minimum Gasteiger partial charge on any atom is -0.377 e. The minimum atomic E-state index is -3.53. The Kier molecular flexibility index (Phi) is 4.19. The summed E-state index contributed by atoms with van der Waals surface area (Å²) in [7, 11) is -3.53. The number of hydrogen-bond acceptors (Lipinski definition) is 4. The van der Waals surface area contributed by atoms with E-state index in [-0.39, 0.29) is 6.10 Å². The van der Waals surface area contributed by atoms with Crippen LogP contribution in [0.5, 0.6) is 0 Å². The van der Waals surface area contributed by atoms with Gasteiger partial charge in [0, 0.05) is 24.5 Å². The number of hydrogen-bond donors (Lipinski definition) is 0. The van der Waals surface area contributed by atoms with E-state index in [1.165, 1.54) is 0 Å². The van der Waals surface area contributed by atoms with Crippen molar-refractivity contribution in [3.8, 4) is 0 Å². The maximum Gasteiger partial charge on any atom is 0.285 e. The van der Waals surface area contributed by atoms with Gasteiger partial charge in [0.15, 0.2) is 5.84 Å². The fraction of sp³-hybridized carbons (Fsp3) is 0.500. The first kappa shape index (κ1) is 14.8. The second-order valence-electron chi connectivity index (χ2n) is 5.13. The first-order valence-corrected chi connectivity index (χ1v) is 8.96. The molecule has 1 saturated heterocycles. The SMILES string of the molecule is O=S1(=O)N=C(N2CCC(OCCCl)CC2)c2ccccc21. The number of likely N-dealkylation sites (tertiary alicyclic amines) is 1. The highest BCUT2D eigenvalue weighted by Gasteiger charge is 2.33. The van der Waals surface area contributed by atoms with Gasteiger partial charge in [-0.3, -0.25) is 0 Å². The molecule has 0 radical (unpaired) electrons. The van der Waals surface area contributed by atoms with Gasteiger partial charge in [-0.1, -0.05) is 12.1 Å². The van der Waals surface area contributed by atoms with Crippen molar-refractivity contribution >= 4 is 27.5 Å². The highest BCUT2D eigenvalue weighted by Crippen LogP contribution is 2.29. The second kappa shape index (κ2) is 5.94. The third kappa shape index (κ3) is 2.93. The van der Waals surface area contributed by atoms with E-state index in [0.29, 0.717) is 28.8 Å². The lowest BCUT2D eigenvalue weighted by Gasteiger charge is -2.33. The molecule has 0 amide bonds. The van der Waals surface area contributed by atoms with Crippen molar-refractivity contribution in [3.05, 3.63) is 29.8 Å². The third-order valence-electron chi connectivity index (χ3n) is 3.78. The molecule has 114 valence electrons. The van der Waals surface area contributed by atoms with Crippen LogP contribution in [-0.4, -0.2) is 50.8 Å². The van der Waals surface area contributed by atoms with Gasteiger partial charge in [0.2, 0.25) is 0 Å². The summed E-state index contributed by atoms with van der Waals surface area (Å²) in [5.74, 6) is 1.07. The number of benzene rings is 1. The molecule has 21 heavy (non-hydrogen) atoms. The maximum atomic E-state index is 12.1. The zero-order valence-electron chi connectivity index (χ0n) is 11.5. The van der Waals surface area contributed by atoms with Gasteiger partial charge in [0.25, 0.3) is 10.0 Å². The summed E-state index contributed by atoms with van der Waals surface area (Å²) in [5, 5.41) is 0. The second-order valence-corrected chi connectivity index (χ2v) is 7.08. The normalized spacial score (nSPS) is 21.2. The van der Waals surface area contributed by atoms with E-state index >= 15 is 0 Å². The van der Waals surface area contributed by atoms with Crippen LogP contribution in [0.3, 0.4) is 0 Å². The van der Waals surface area contributed by atoms with E-state index < -0.39 is 10.0 Å². The highest BCUT2D eigenvalue weighted by atomic mass is 35.5. The van der Waals surface area contributed by atoms with E-state index in [2.05, 4.69) is 4.40 Å². The predicted molar refractivity (Wildman–Crippen MR) is 81.4 cm³/mol. The largest absolute Gasteiger partial charge is 0.377 e. The Morgan fingerprint density at radius 3 is 2.71 bits per heavy atom. The lowest BCUT2D eigenvalue weighted by atomic mass is 10.1. The van der Waals surface area contributed by atoms with Crippen LogP contribution in [0.25, 0.3) is 0 Å². The average Bonchev–Trinajstić information content (AvgIpc) is 2.78. The average molecular weight is 329 g/mol. The summed E-state index contributed by atoms with van der Waals surface area (Å²) < 4.78 is 33.7. The molecule has 2 aliphatic heterocycles. The molecule has 2 aliphatic rings. The summed E-state index contributed by atoms with van der Waals surface area (Å²) in [6, 6.07) is 6.99. The number of halogens is 1. The van der Waals surface area contributed by atoms with Crippen LogP contribution in [0.2, 0.25) is 0 Å². The molecule has 0 aromatic heterocycles. The molecule has 7 heteroatoms. The van der Waals surface area contributed by atoms with Crippen molar-refractivity contribution in [2.45, 2.75) is 23.8 Å². The van der Waals surface area contributed by atoms with Gasteiger partial charge in [0.1, 0.15) is 4.90 Å². The van der Waals surface area contributed by atoms with Crippen molar-refractivity contribution in [2.24, 2.45) is 4.40 Å². The van der Waals surface area contributed by atoms with Crippen molar-refractivity contribution < 1.29 is 13.2 Å². The predicted octanol–water partition coefficient (Wildman–Crippen LogP) is 1.86. The summed E-state index contributed by atoms with van der Waals surface area (Å²) in [4.78, 5) is 2.34. The molecule has 2 heterocycles. The van der Waals surface area contributed by atoms with Gasteiger partial charge in [-0.2, -0.15) is 8.42 Å². The smallest absolute Gasteiger partial charge is 0.285 e. The summed E-state index contributed by atoms with van der Waals surface area (Å²) >= 11 is 5.62. The van der Waals surface area contributed by atoms with Crippen molar-refractivity contribution in [1.82, 2.24) is 4.90 Å².